The van der Waals surface area contributed by atoms with Crippen LogP contribution in [0.4, 0.5) is 0 Å². The van der Waals surface area contributed by atoms with Crippen molar-refractivity contribution in [2.75, 3.05) is 26.2 Å². The van der Waals surface area contributed by atoms with E-state index in [1.165, 1.54) is 19.3 Å². The van der Waals surface area contributed by atoms with E-state index in [1.54, 1.807) is 30.3 Å². The maximum absolute atomic E-state index is 11.6. The van der Waals surface area contributed by atoms with Crippen LogP contribution in [-0.2, 0) is 0 Å². The lowest BCUT2D eigenvalue weighted by Crippen LogP contribution is -2.33. The molecule has 2 aliphatic heterocycles. The van der Waals surface area contributed by atoms with Crippen LogP contribution >= 0.6 is 0 Å². The van der Waals surface area contributed by atoms with Gasteiger partial charge in [0, 0.05) is 17.7 Å². The first-order valence-corrected chi connectivity index (χ1v) is 12.8. The smallest absolute Gasteiger partial charge is 0.335 e. The van der Waals surface area contributed by atoms with Gasteiger partial charge >= 0.3 is 5.97 Å². The summed E-state index contributed by atoms with van der Waals surface area (Å²) in [6.45, 7) is 3.89. The van der Waals surface area contributed by atoms with E-state index in [0.29, 0.717) is 12.4 Å². The normalized spacial score (nSPS) is 17.0. The third kappa shape index (κ3) is 4.60. The van der Waals surface area contributed by atoms with Gasteiger partial charge in [-0.15, -0.1) is 0 Å². The average Bonchev–Trinajstić information content (AvgIpc) is 2.92. The molecule has 0 bridgehead atoms. The maximum atomic E-state index is 11.6. The number of benzene rings is 4. The molecule has 0 radical (unpaired) electrons. The average molecular weight is 496 g/mol. The van der Waals surface area contributed by atoms with Crippen molar-refractivity contribution < 1.29 is 24.5 Å². The summed E-state index contributed by atoms with van der Waals surface area (Å²) in [7, 11) is 0. The Morgan fingerprint density at radius 1 is 0.919 bits per heavy atom. The van der Waals surface area contributed by atoms with Crippen LogP contribution in [0, 0.1) is 0 Å². The highest BCUT2D eigenvalue weighted by molar-refractivity contribution is 5.96. The van der Waals surface area contributed by atoms with Gasteiger partial charge in [-0.2, -0.15) is 0 Å². The molecule has 1 saturated heterocycles. The largest absolute Gasteiger partial charge is 0.508 e. The lowest BCUT2D eigenvalue weighted by Gasteiger charge is -2.31. The zero-order chi connectivity index (χ0) is 25.4. The quantitative estimate of drug-likeness (QED) is 0.329. The maximum Gasteiger partial charge on any atom is 0.335 e. The van der Waals surface area contributed by atoms with Gasteiger partial charge in [0.05, 0.1) is 5.56 Å². The molecular formula is C31H29NO5. The van der Waals surface area contributed by atoms with Gasteiger partial charge in [0.2, 0.25) is 0 Å². The lowest BCUT2D eigenvalue weighted by atomic mass is 9.85. The van der Waals surface area contributed by atoms with Gasteiger partial charge in [0.1, 0.15) is 23.9 Å². The molecule has 1 unspecified atom stereocenters. The molecule has 2 N–H and O–H groups in total. The minimum Gasteiger partial charge on any atom is -0.508 e. The predicted molar refractivity (Wildman–Crippen MR) is 143 cm³/mol. The molecule has 6 rings (SSSR count). The summed E-state index contributed by atoms with van der Waals surface area (Å²) in [6, 6.07) is 22.3. The monoisotopic (exact) mass is 495 g/mol. The number of phenols is 1. The topological polar surface area (TPSA) is 79.2 Å². The number of carboxylic acid groups (broad SMARTS) is 1. The van der Waals surface area contributed by atoms with Gasteiger partial charge in [-0.25, -0.2) is 4.79 Å². The van der Waals surface area contributed by atoms with Crippen LogP contribution < -0.4 is 9.47 Å². The van der Waals surface area contributed by atoms with Crippen LogP contribution in [0.3, 0.4) is 0 Å². The Morgan fingerprint density at radius 3 is 2.49 bits per heavy atom. The molecule has 4 aromatic carbocycles. The van der Waals surface area contributed by atoms with Crippen LogP contribution in [0.25, 0.3) is 21.9 Å². The minimum absolute atomic E-state index is 0.184. The van der Waals surface area contributed by atoms with Crippen molar-refractivity contribution in [3.8, 4) is 28.4 Å². The van der Waals surface area contributed by atoms with Gasteiger partial charge in [0.25, 0.3) is 0 Å². The number of piperidine rings is 1. The van der Waals surface area contributed by atoms with E-state index in [9.17, 15) is 15.0 Å². The number of hydrogen-bond donors (Lipinski definition) is 2. The number of hydrogen-bond acceptors (Lipinski definition) is 5. The standard InChI is InChI=1S/C31H29NO5/c33-23-8-13-25-21(18-23)6-12-27-26-11-7-22(31(34)35)19-28(26)37-30(29(25)27)20-4-9-24(10-5-20)36-17-16-32-14-2-1-3-15-32/h4-13,18-19,30,33H,1-3,14-17H2,(H,34,35). The van der Waals surface area contributed by atoms with E-state index >= 15 is 0 Å². The first-order valence-electron chi connectivity index (χ1n) is 12.8. The Balaban J connectivity index is 1.33. The summed E-state index contributed by atoms with van der Waals surface area (Å²) in [6.07, 6.45) is 3.41. The minimum atomic E-state index is -0.992. The van der Waals surface area contributed by atoms with Crippen LogP contribution in [-0.4, -0.2) is 47.3 Å². The van der Waals surface area contributed by atoms with Crippen molar-refractivity contribution in [3.05, 3.63) is 89.5 Å². The van der Waals surface area contributed by atoms with Crippen molar-refractivity contribution >= 4 is 16.7 Å². The van der Waals surface area contributed by atoms with Crippen molar-refractivity contribution in [2.45, 2.75) is 25.4 Å². The molecule has 37 heavy (non-hydrogen) atoms. The van der Waals surface area contributed by atoms with E-state index in [0.717, 1.165) is 58.4 Å². The van der Waals surface area contributed by atoms with Crippen LogP contribution in [0.5, 0.6) is 17.2 Å². The fraction of sp³-hybridized carbons (Fsp3) is 0.258. The fourth-order valence-corrected chi connectivity index (χ4v) is 5.47. The number of aromatic carboxylic acids is 1. The second-order valence-corrected chi connectivity index (χ2v) is 9.77. The number of nitrogens with zero attached hydrogens (tertiary/aromatic N) is 1. The highest BCUT2D eigenvalue weighted by Crippen LogP contribution is 2.48. The molecule has 2 aliphatic rings. The summed E-state index contributed by atoms with van der Waals surface area (Å²) in [5, 5.41) is 21.5. The number of carboxylic acids is 1. The third-order valence-corrected chi connectivity index (χ3v) is 7.38. The number of ether oxygens (including phenoxy) is 2. The number of aromatic hydroxyl groups is 1. The first-order chi connectivity index (χ1) is 18.1. The summed E-state index contributed by atoms with van der Waals surface area (Å²) in [5.74, 6) is 0.567. The number of fused-ring (bicyclic) bond motifs is 5. The van der Waals surface area contributed by atoms with E-state index in [2.05, 4.69) is 4.90 Å². The zero-order valence-electron chi connectivity index (χ0n) is 20.5. The van der Waals surface area contributed by atoms with E-state index in [4.69, 9.17) is 9.47 Å². The van der Waals surface area contributed by atoms with Gasteiger partial charge in [-0.3, -0.25) is 4.90 Å². The van der Waals surface area contributed by atoms with Crippen LogP contribution in [0.15, 0.2) is 72.8 Å². The van der Waals surface area contributed by atoms with Gasteiger partial charge in [-0.05, 0) is 90.3 Å². The third-order valence-electron chi connectivity index (χ3n) is 7.38. The van der Waals surface area contributed by atoms with Crippen molar-refractivity contribution in [2.24, 2.45) is 0 Å². The Kier molecular flexibility index (Phi) is 6.18. The Morgan fingerprint density at radius 2 is 1.70 bits per heavy atom. The van der Waals surface area contributed by atoms with E-state index in [1.807, 2.05) is 42.5 Å². The van der Waals surface area contributed by atoms with Crippen molar-refractivity contribution in [1.82, 2.24) is 4.90 Å². The molecule has 6 heteroatoms. The van der Waals surface area contributed by atoms with Gasteiger partial charge < -0.3 is 19.7 Å². The molecular weight excluding hydrogens is 466 g/mol. The molecule has 0 spiro atoms. The SMILES string of the molecule is O=C(O)c1ccc2c(c1)OC(c1ccc(OCCN3CCCCC3)cc1)c1c-2ccc2cc(O)ccc12. The Labute approximate surface area is 215 Å². The van der Waals surface area contributed by atoms with Gasteiger partial charge in [0.15, 0.2) is 6.10 Å². The molecule has 1 atom stereocenters. The molecule has 1 fully saturated rings. The molecule has 0 aromatic heterocycles. The molecule has 0 saturated carbocycles. The Hall–Kier alpha value is -4.03. The number of likely N-dealkylation sites (tertiary alicyclic amines) is 1. The predicted octanol–water partition coefficient (Wildman–Crippen LogP) is 6.26. The van der Waals surface area contributed by atoms with E-state index in [-0.39, 0.29) is 11.3 Å². The Bertz CT molecular complexity index is 1460. The molecule has 2 heterocycles. The number of rotatable bonds is 6. The number of phenolic OH excluding ortho intramolecular Hbond substituents is 1. The highest BCUT2D eigenvalue weighted by atomic mass is 16.5. The fourth-order valence-electron chi connectivity index (χ4n) is 5.47. The second-order valence-electron chi connectivity index (χ2n) is 9.77. The molecule has 0 amide bonds. The van der Waals surface area contributed by atoms with Crippen LogP contribution in [0.2, 0.25) is 0 Å². The van der Waals surface area contributed by atoms with Crippen LogP contribution in [0.1, 0.15) is 46.9 Å². The summed E-state index contributed by atoms with van der Waals surface area (Å²) in [4.78, 5) is 14.1. The summed E-state index contributed by atoms with van der Waals surface area (Å²) < 4.78 is 12.5. The summed E-state index contributed by atoms with van der Waals surface area (Å²) in [5.41, 5.74) is 3.96. The lowest BCUT2D eigenvalue weighted by molar-refractivity contribution is 0.0696. The highest BCUT2D eigenvalue weighted by Gasteiger charge is 2.30. The molecule has 6 nitrogen and oxygen atoms in total. The van der Waals surface area contributed by atoms with Crippen molar-refractivity contribution in [3.63, 3.8) is 0 Å². The second kappa shape index (κ2) is 9.79. The molecule has 188 valence electrons. The first kappa shape index (κ1) is 23.4. The summed E-state index contributed by atoms with van der Waals surface area (Å²) >= 11 is 0. The van der Waals surface area contributed by atoms with Crippen molar-refractivity contribution in [1.29, 1.82) is 0 Å². The molecule has 4 aromatic rings. The van der Waals surface area contributed by atoms with E-state index < -0.39 is 12.1 Å². The van der Waals surface area contributed by atoms with Gasteiger partial charge in [-0.1, -0.05) is 36.8 Å². The zero-order valence-corrected chi connectivity index (χ0v) is 20.5. The molecule has 0 aliphatic carbocycles. The number of carbonyl (C=O) groups is 1.